The summed E-state index contributed by atoms with van der Waals surface area (Å²) in [5.41, 5.74) is 1.28. The minimum atomic E-state index is -2.51. The lowest BCUT2D eigenvalue weighted by molar-refractivity contribution is 0.163. The summed E-state index contributed by atoms with van der Waals surface area (Å²) in [7, 11) is -2.51. The molecule has 0 heterocycles. The van der Waals surface area contributed by atoms with Crippen molar-refractivity contribution in [2.24, 2.45) is 11.8 Å². The molecule has 2 aromatic carbocycles. The molecule has 0 spiro atoms. The van der Waals surface area contributed by atoms with Crippen LogP contribution < -0.4 is 10.4 Å². The van der Waals surface area contributed by atoms with Crippen LogP contribution in [0.4, 0.5) is 0 Å². The second-order valence-electron chi connectivity index (χ2n) is 11.5. The van der Waals surface area contributed by atoms with Crippen LogP contribution in [0.15, 0.2) is 72.3 Å². The molecule has 186 valence electrons. The van der Waals surface area contributed by atoms with Crippen LogP contribution in [0.2, 0.25) is 5.04 Å². The Balaban J connectivity index is 1.87. The van der Waals surface area contributed by atoms with E-state index in [-0.39, 0.29) is 11.1 Å². The summed E-state index contributed by atoms with van der Waals surface area (Å²) in [5, 5.41) is 13.7. The van der Waals surface area contributed by atoms with Gasteiger partial charge >= 0.3 is 0 Å². The van der Waals surface area contributed by atoms with Crippen LogP contribution in [0.25, 0.3) is 0 Å². The van der Waals surface area contributed by atoms with E-state index in [4.69, 9.17) is 4.43 Å². The predicted octanol–water partition coefficient (Wildman–Crippen LogP) is 6.87. The molecule has 1 aliphatic carbocycles. The van der Waals surface area contributed by atoms with E-state index >= 15 is 0 Å². The first-order chi connectivity index (χ1) is 16.3. The first-order valence-electron chi connectivity index (χ1n) is 13.4. The second-order valence-corrected chi connectivity index (χ2v) is 15.8. The predicted molar refractivity (Wildman–Crippen MR) is 148 cm³/mol. The van der Waals surface area contributed by atoms with Crippen molar-refractivity contribution in [3.8, 4) is 0 Å². The molecule has 0 radical (unpaired) electrons. The highest BCUT2D eigenvalue weighted by Crippen LogP contribution is 2.37. The van der Waals surface area contributed by atoms with Crippen molar-refractivity contribution in [3.63, 3.8) is 0 Å². The third-order valence-electron chi connectivity index (χ3n) is 7.39. The summed E-state index contributed by atoms with van der Waals surface area (Å²) >= 11 is 0. The maximum absolute atomic E-state index is 11.1. The topological polar surface area (TPSA) is 29.5 Å². The van der Waals surface area contributed by atoms with Crippen molar-refractivity contribution in [1.82, 2.24) is 0 Å². The van der Waals surface area contributed by atoms with Gasteiger partial charge in [-0.1, -0.05) is 121 Å². The van der Waals surface area contributed by atoms with E-state index in [1.165, 1.54) is 48.1 Å². The summed E-state index contributed by atoms with van der Waals surface area (Å²) in [6.45, 7) is 12.1. The van der Waals surface area contributed by atoms with Crippen molar-refractivity contribution in [2.75, 3.05) is 6.61 Å². The maximum atomic E-state index is 11.1. The SMILES string of the molecule is CC(C)CC(O)/C(=C\CCO[Si](c1ccccc1)(c1ccccc1)C(C)(C)C)C1CCCCC1. The fourth-order valence-electron chi connectivity index (χ4n) is 5.79. The Morgan fingerprint density at radius 2 is 1.47 bits per heavy atom. The standard InChI is InChI=1S/C31H46O2Si/c1-25(2)24-30(32)29(26-16-9-6-10-17-26)22-15-23-33-34(31(3,4)5,27-18-11-7-12-19-27)28-20-13-8-14-21-28/h7-8,11-14,18-22,25-26,30,32H,6,9-10,15-17,23-24H2,1-5H3/b29-22-. The monoisotopic (exact) mass is 478 g/mol. The molecule has 1 aliphatic rings. The zero-order chi connectivity index (χ0) is 24.6. The van der Waals surface area contributed by atoms with Gasteiger partial charge in [0.15, 0.2) is 0 Å². The average molecular weight is 479 g/mol. The molecule has 34 heavy (non-hydrogen) atoms. The second kappa shape index (κ2) is 12.3. The lowest BCUT2D eigenvalue weighted by Crippen LogP contribution is -2.66. The molecule has 0 aliphatic heterocycles. The summed E-state index contributed by atoms with van der Waals surface area (Å²) in [6, 6.07) is 21.7. The van der Waals surface area contributed by atoms with Gasteiger partial charge in [0.1, 0.15) is 0 Å². The van der Waals surface area contributed by atoms with Crippen LogP contribution >= 0.6 is 0 Å². The van der Waals surface area contributed by atoms with Gasteiger partial charge in [0.05, 0.1) is 6.10 Å². The number of aliphatic hydroxyl groups is 1. The molecule has 1 N–H and O–H groups in total. The molecule has 3 heteroatoms. The van der Waals surface area contributed by atoms with E-state index < -0.39 is 8.32 Å². The summed E-state index contributed by atoms with van der Waals surface area (Å²) in [5.74, 6) is 1.03. The van der Waals surface area contributed by atoms with Gasteiger partial charge in [-0.2, -0.15) is 0 Å². The Morgan fingerprint density at radius 1 is 0.941 bits per heavy atom. The average Bonchev–Trinajstić information content (AvgIpc) is 2.82. The van der Waals surface area contributed by atoms with Gasteiger partial charge < -0.3 is 9.53 Å². The zero-order valence-electron chi connectivity index (χ0n) is 22.1. The van der Waals surface area contributed by atoms with Crippen LogP contribution in [0, 0.1) is 11.8 Å². The van der Waals surface area contributed by atoms with E-state index in [1.54, 1.807) is 0 Å². The first kappa shape index (κ1) is 26.9. The van der Waals surface area contributed by atoms with Crippen molar-refractivity contribution in [2.45, 2.75) is 90.7 Å². The Labute approximate surface area is 209 Å². The Bertz CT molecular complexity index is 837. The minimum Gasteiger partial charge on any atom is -0.407 e. The highest BCUT2D eigenvalue weighted by atomic mass is 28.4. The lowest BCUT2D eigenvalue weighted by atomic mass is 9.79. The number of hydrogen-bond donors (Lipinski definition) is 1. The van der Waals surface area contributed by atoms with Gasteiger partial charge in [0.2, 0.25) is 0 Å². The highest BCUT2D eigenvalue weighted by molar-refractivity contribution is 6.99. The molecule has 2 aromatic rings. The number of benzene rings is 2. The molecular weight excluding hydrogens is 432 g/mol. The normalized spacial score (nSPS) is 17.2. The molecule has 1 unspecified atom stereocenters. The molecule has 0 amide bonds. The molecule has 1 fully saturated rings. The molecule has 3 rings (SSSR count). The van der Waals surface area contributed by atoms with Gasteiger partial charge in [0.25, 0.3) is 8.32 Å². The quantitative estimate of drug-likeness (QED) is 0.229. The largest absolute Gasteiger partial charge is 0.407 e. The van der Waals surface area contributed by atoms with Gasteiger partial charge in [-0.15, -0.1) is 0 Å². The van der Waals surface area contributed by atoms with Gasteiger partial charge in [-0.05, 0) is 58.5 Å². The molecule has 2 nitrogen and oxygen atoms in total. The van der Waals surface area contributed by atoms with Crippen molar-refractivity contribution < 1.29 is 9.53 Å². The zero-order valence-corrected chi connectivity index (χ0v) is 23.1. The Hall–Kier alpha value is -1.68. The van der Waals surface area contributed by atoms with E-state index in [9.17, 15) is 5.11 Å². The molecule has 0 aromatic heterocycles. The summed E-state index contributed by atoms with van der Waals surface area (Å²) < 4.78 is 7.08. The fourth-order valence-corrected chi connectivity index (χ4v) is 10.4. The van der Waals surface area contributed by atoms with Crippen molar-refractivity contribution >= 4 is 18.7 Å². The smallest absolute Gasteiger partial charge is 0.261 e. The molecular formula is C31H46O2Si. The third-order valence-corrected chi connectivity index (χ3v) is 12.4. The summed E-state index contributed by atoms with van der Waals surface area (Å²) in [4.78, 5) is 0. The Kier molecular flexibility index (Phi) is 9.76. The van der Waals surface area contributed by atoms with Crippen molar-refractivity contribution in [3.05, 3.63) is 72.3 Å². The maximum Gasteiger partial charge on any atom is 0.261 e. The van der Waals surface area contributed by atoms with E-state index in [2.05, 4.69) is 101 Å². The third kappa shape index (κ3) is 6.50. The van der Waals surface area contributed by atoms with Crippen LogP contribution in [0.3, 0.4) is 0 Å². The van der Waals surface area contributed by atoms with Crippen LogP contribution in [0.5, 0.6) is 0 Å². The van der Waals surface area contributed by atoms with E-state index in [1.807, 2.05) is 0 Å². The van der Waals surface area contributed by atoms with E-state index in [0.29, 0.717) is 18.4 Å². The number of rotatable bonds is 10. The van der Waals surface area contributed by atoms with Crippen LogP contribution in [0.1, 0.15) is 79.6 Å². The van der Waals surface area contributed by atoms with E-state index in [0.717, 1.165) is 12.8 Å². The Morgan fingerprint density at radius 3 is 1.94 bits per heavy atom. The minimum absolute atomic E-state index is 0.0111. The molecule has 0 bridgehead atoms. The molecule has 0 saturated heterocycles. The van der Waals surface area contributed by atoms with Crippen molar-refractivity contribution in [1.29, 1.82) is 0 Å². The van der Waals surface area contributed by atoms with Crippen LogP contribution in [-0.2, 0) is 4.43 Å². The van der Waals surface area contributed by atoms with Gasteiger partial charge in [-0.3, -0.25) is 0 Å². The number of aliphatic hydroxyl groups excluding tert-OH is 1. The highest BCUT2D eigenvalue weighted by Gasteiger charge is 2.49. The molecule has 1 saturated carbocycles. The van der Waals surface area contributed by atoms with Gasteiger partial charge in [0, 0.05) is 6.61 Å². The van der Waals surface area contributed by atoms with Gasteiger partial charge in [-0.25, -0.2) is 0 Å². The summed E-state index contributed by atoms with van der Waals surface area (Å²) in [6.07, 6.45) is 10.1. The lowest BCUT2D eigenvalue weighted by Gasteiger charge is -2.43. The molecule has 1 atom stereocenters. The number of hydrogen-bond acceptors (Lipinski definition) is 2. The fraction of sp³-hybridized carbons (Fsp3) is 0.548. The van der Waals surface area contributed by atoms with Crippen LogP contribution in [-0.4, -0.2) is 26.1 Å². The first-order valence-corrected chi connectivity index (χ1v) is 15.3.